The summed E-state index contributed by atoms with van der Waals surface area (Å²) in [6, 6.07) is 8.44. The number of ether oxygens (including phenoxy) is 1. The van der Waals surface area contributed by atoms with Crippen LogP contribution in [0.4, 0.5) is 11.5 Å². The Morgan fingerprint density at radius 3 is 3.04 bits per heavy atom. The summed E-state index contributed by atoms with van der Waals surface area (Å²) in [5.74, 6) is 0.527. The third kappa shape index (κ3) is 3.18. The van der Waals surface area contributed by atoms with E-state index in [-0.39, 0.29) is 0 Å². The van der Waals surface area contributed by atoms with Crippen molar-refractivity contribution in [3.05, 3.63) is 36.7 Å². The maximum atomic E-state index is 6.13. The summed E-state index contributed by atoms with van der Waals surface area (Å²) >= 11 is 2.25. The number of halogens is 1. The van der Waals surface area contributed by atoms with E-state index in [4.69, 9.17) is 10.5 Å². The van der Waals surface area contributed by atoms with Crippen LogP contribution in [0.5, 0.6) is 0 Å². The fraction of sp³-hybridized carbons (Fsp3) is 0.294. The molecule has 0 spiro atoms. The average Bonchev–Trinajstić information content (AvgIpc) is 3.04. The molecule has 4 heterocycles. The minimum Gasteiger partial charge on any atom is -0.384 e. The standard InChI is InChI=1S/C17H18IN5OS/c1-11-10-24-7-6-22(11)12-8-15(21-16(19)9-12)13-2-4-20-17-14(13)3-5-23(17)25-18/h2-5,8-9,11H,6-7,10H2,1H3,(H2,19,21). The molecule has 4 rings (SSSR count). The molecule has 0 aliphatic carbocycles. The predicted molar refractivity (Wildman–Crippen MR) is 112 cm³/mol. The van der Waals surface area contributed by atoms with Crippen LogP contribution in [0.1, 0.15) is 6.92 Å². The Labute approximate surface area is 162 Å². The number of nitrogen functional groups attached to an aromatic ring is 1. The first-order chi connectivity index (χ1) is 12.2. The number of nitrogens with two attached hydrogens (primary N) is 1. The van der Waals surface area contributed by atoms with E-state index >= 15 is 0 Å². The maximum Gasteiger partial charge on any atom is 0.151 e. The molecule has 1 fully saturated rings. The van der Waals surface area contributed by atoms with E-state index in [0.29, 0.717) is 11.9 Å². The van der Waals surface area contributed by atoms with Crippen LogP contribution in [-0.2, 0) is 4.74 Å². The van der Waals surface area contributed by atoms with Crippen LogP contribution in [0.25, 0.3) is 22.3 Å². The van der Waals surface area contributed by atoms with Gasteiger partial charge < -0.3 is 15.4 Å². The Bertz CT molecular complexity index is 915. The fourth-order valence-corrected chi connectivity index (χ4v) is 4.52. The minimum absolute atomic E-state index is 0.317. The fourth-order valence-electron chi connectivity index (χ4n) is 3.25. The molecule has 0 saturated carbocycles. The van der Waals surface area contributed by atoms with Crippen LogP contribution in [0.2, 0.25) is 0 Å². The molecular formula is C17H18IN5OS. The van der Waals surface area contributed by atoms with Crippen molar-refractivity contribution >= 4 is 52.9 Å². The first kappa shape index (κ1) is 16.9. The van der Waals surface area contributed by atoms with E-state index < -0.39 is 0 Å². The molecule has 8 heteroatoms. The van der Waals surface area contributed by atoms with Gasteiger partial charge in [-0.25, -0.2) is 9.97 Å². The number of aromatic nitrogens is 3. The van der Waals surface area contributed by atoms with Gasteiger partial charge in [-0.05, 0) is 25.1 Å². The first-order valence-corrected chi connectivity index (χ1v) is 11.4. The molecule has 3 aromatic rings. The normalized spacial score (nSPS) is 18.0. The van der Waals surface area contributed by atoms with Crippen molar-refractivity contribution in [2.75, 3.05) is 30.4 Å². The van der Waals surface area contributed by atoms with Crippen molar-refractivity contribution in [1.82, 2.24) is 13.9 Å². The lowest BCUT2D eigenvalue weighted by Crippen LogP contribution is -2.43. The van der Waals surface area contributed by atoms with Crippen LogP contribution >= 0.6 is 30.3 Å². The Morgan fingerprint density at radius 1 is 1.36 bits per heavy atom. The summed E-state index contributed by atoms with van der Waals surface area (Å²) in [6.45, 7) is 4.49. The molecule has 1 aliphatic rings. The molecular weight excluding hydrogens is 449 g/mol. The van der Waals surface area contributed by atoms with E-state index in [2.05, 4.69) is 55.1 Å². The third-order valence-electron chi connectivity index (χ3n) is 4.43. The molecule has 25 heavy (non-hydrogen) atoms. The predicted octanol–water partition coefficient (Wildman–Crippen LogP) is 3.75. The second-order valence-electron chi connectivity index (χ2n) is 6.06. The number of morpholine rings is 1. The van der Waals surface area contributed by atoms with Gasteiger partial charge in [-0.15, -0.1) is 0 Å². The molecule has 0 bridgehead atoms. The summed E-state index contributed by atoms with van der Waals surface area (Å²) < 4.78 is 7.59. The number of rotatable bonds is 3. The van der Waals surface area contributed by atoms with Crippen molar-refractivity contribution in [2.24, 2.45) is 0 Å². The number of nitrogens with zero attached hydrogens (tertiary/aromatic N) is 4. The zero-order chi connectivity index (χ0) is 17.4. The largest absolute Gasteiger partial charge is 0.384 e. The number of fused-ring (bicyclic) bond motifs is 1. The first-order valence-electron chi connectivity index (χ1n) is 8.05. The Morgan fingerprint density at radius 2 is 2.24 bits per heavy atom. The smallest absolute Gasteiger partial charge is 0.151 e. The van der Waals surface area contributed by atoms with Gasteiger partial charge in [0, 0.05) is 78.0 Å². The summed E-state index contributed by atoms with van der Waals surface area (Å²) in [4.78, 5) is 11.4. The topological polar surface area (TPSA) is 69.2 Å². The molecule has 1 saturated heterocycles. The van der Waals surface area contributed by atoms with Gasteiger partial charge in [0.05, 0.1) is 18.9 Å². The summed E-state index contributed by atoms with van der Waals surface area (Å²) in [5.41, 5.74) is 10.1. The maximum absolute atomic E-state index is 6.13. The van der Waals surface area contributed by atoms with Crippen LogP contribution in [0.15, 0.2) is 36.7 Å². The van der Waals surface area contributed by atoms with E-state index in [1.165, 1.54) is 0 Å². The van der Waals surface area contributed by atoms with Gasteiger partial charge in [0.2, 0.25) is 0 Å². The van der Waals surface area contributed by atoms with Gasteiger partial charge in [-0.3, -0.25) is 3.97 Å². The monoisotopic (exact) mass is 467 g/mol. The average molecular weight is 467 g/mol. The van der Waals surface area contributed by atoms with Gasteiger partial charge in [0.25, 0.3) is 0 Å². The molecule has 1 unspecified atom stereocenters. The second-order valence-corrected chi connectivity index (χ2v) is 7.77. The quantitative estimate of drug-likeness (QED) is 0.592. The SMILES string of the molecule is CC1COCCN1c1cc(N)nc(-c2ccnc3c2ccn3SI)c1. The van der Waals surface area contributed by atoms with Crippen LogP contribution in [0.3, 0.4) is 0 Å². The molecule has 1 atom stereocenters. The van der Waals surface area contributed by atoms with Gasteiger partial charge in [-0.2, -0.15) is 0 Å². The summed E-state index contributed by atoms with van der Waals surface area (Å²) in [7, 11) is 1.60. The van der Waals surface area contributed by atoms with Gasteiger partial charge in [0.1, 0.15) is 5.82 Å². The number of hydrogen-bond donors (Lipinski definition) is 1. The van der Waals surface area contributed by atoms with Crippen molar-refractivity contribution in [2.45, 2.75) is 13.0 Å². The zero-order valence-electron chi connectivity index (χ0n) is 13.7. The highest BCUT2D eigenvalue weighted by atomic mass is 127. The minimum atomic E-state index is 0.317. The molecule has 3 aromatic heterocycles. The van der Waals surface area contributed by atoms with E-state index in [1.807, 2.05) is 28.5 Å². The van der Waals surface area contributed by atoms with Crippen LogP contribution in [-0.4, -0.2) is 39.7 Å². The van der Waals surface area contributed by atoms with Gasteiger partial charge >= 0.3 is 0 Å². The lowest BCUT2D eigenvalue weighted by Gasteiger charge is -2.35. The highest BCUT2D eigenvalue weighted by molar-refractivity contribution is 14.2. The molecule has 1 aliphatic heterocycles. The third-order valence-corrected chi connectivity index (χ3v) is 6.15. The highest BCUT2D eigenvalue weighted by Gasteiger charge is 2.21. The number of pyridine rings is 2. The molecule has 130 valence electrons. The van der Waals surface area contributed by atoms with Crippen molar-refractivity contribution < 1.29 is 4.74 Å². The van der Waals surface area contributed by atoms with E-state index in [0.717, 1.165) is 47.7 Å². The molecule has 6 nitrogen and oxygen atoms in total. The lowest BCUT2D eigenvalue weighted by atomic mass is 10.1. The van der Waals surface area contributed by atoms with E-state index in [9.17, 15) is 0 Å². The van der Waals surface area contributed by atoms with Gasteiger partial charge in [-0.1, -0.05) is 0 Å². The van der Waals surface area contributed by atoms with Crippen LogP contribution in [0, 0.1) is 0 Å². The summed E-state index contributed by atoms with van der Waals surface area (Å²) in [5, 5.41) is 1.07. The Balaban J connectivity index is 1.82. The molecule has 0 radical (unpaired) electrons. The molecule has 0 aromatic carbocycles. The van der Waals surface area contributed by atoms with Crippen molar-refractivity contribution in [1.29, 1.82) is 0 Å². The Hall–Kier alpha value is -1.52. The highest BCUT2D eigenvalue weighted by Crippen LogP contribution is 2.33. The van der Waals surface area contributed by atoms with E-state index in [1.54, 1.807) is 9.12 Å². The summed E-state index contributed by atoms with van der Waals surface area (Å²) in [6.07, 6.45) is 3.85. The second kappa shape index (κ2) is 7.00. The lowest BCUT2D eigenvalue weighted by molar-refractivity contribution is 0.0989. The van der Waals surface area contributed by atoms with Gasteiger partial charge in [0.15, 0.2) is 5.65 Å². The van der Waals surface area contributed by atoms with Crippen molar-refractivity contribution in [3.8, 4) is 11.3 Å². The molecule has 0 amide bonds. The number of hydrogen-bond acceptors (Lipinski definition) is 6. The number of anilines is 2. The molecule has 2 N–H and O–H groups in total. The zero-order valence-corrected chi connectivity index (χ0v) is 16.7. The Kier molecular flexibility index (Phi) is 4.74. The van der Waals surface area contributed by atoms with Crippen LogP contribution < -0.4 is 10.6 Å². The van der Waals surface area contributed by atoms with Crippen molar-refractivity contribution in [3.63, 3.8) is 0 Å².